The van der Waals surface area contributed by atoms with Crippen LogP contribution in [-0.4, -0.2) is 29.8 Å². The van der Waals surface area contributed by atoms with E-state index in [0.717, 1.165) is 21.5 Å². The number of rotatable bonds is 8. The predicted octanol–water partition coefficient (Wildman–Crippen LogP) is 3.47. The average molecular weight is 335 g/mol. The van der Waals surface area contributed by atoms with E-state index in [1.54, 1.807) is 0 Å². The van der Waals surface area contributed by atoms with E-state index in [9.17, 15) is 5.11 Å². The van der Waals surface area contributed by atoms with Crippen molar-refractivity contribution in [3.8, 4) is 11.5 Å². The van der Waals surface area contributed by atoms with Crippen molar-refractivity contribution >= 4 is 27.7 Å². The molecule has 0 spiro atoms. The van der Waals surface area contributed by atoms with Gasteiger partial charge in [0, 0.05) is 5.75 Å². The molecule has 0 aliphatic heterocycles. The van der Waals surface area contributed by atoms with E-state index in [1.807, 2.05) is 30.8 Å². The number of hydrogen-bond donors (Lipinski definition) is 1. The Kier molecular flexibility index (Phi) is 7.54. The van der Waals surface area contributed by atoms with Gasteiger partial charge < -0.3 is 14.6 Å². The van der Waals surface area contributed by atoms with Crippen molar-refractivity contribution in [1.82, 2.24) is 0 Å². The SMILES string of the molecule is CCOc1cc(CO)cc(Br)c1OCCSCC. The second-order valence-electron chi connectivity index (χ2n) is 3.54. The normalized spacial score (nSPS) is 10.4. The molecule has 0 atom stereocenters. The highest BCUT2D eigenvalue weighted by Gasteiger charge is 2.11. The molecule has 18 heavy (non-hydrogen) atoms. The minimum atomic E-state index is -0.00928. The van der Waals surface area contributed by atoms with Gasteiger partial charge in [-0.05, 0) is 46.3 Å². The van der Waals surface area contributed by atoms with Crippen LogP contribution in [0.5, 0.6) is 11.5 Å². The maximum absolute atomic E-state index is 9.17. The first-order valence-electron chi connectivity index (χ1n) is 5.99. The van der Waals surface area contributed by atoms with Gasteiger partial charge in [-0.15, -0.1) is 0 Å². The smallest absolute Gasteiger partial charge is 0.175 e. The van der Waals surface area contributed by atoms with E-state index in [1.165, 1.54) is 0 Å². The summed E-state index contributed by atoms with van der Waals surface area (Å²) in [4.78, 5) is 0. The van der Waals surface area contributed by atoms with Crippen LogP contribution in [0.15, 0.2) is 16.6 Å². The van der Waals surface area contributed by atoms with E-state index in [-0.39, 0.29) is 6.61 Å². The van der Waals surface area contributed by atoms with Crippen molar-refractivity contribution < 1.29 is 14.6 Å². The monoisotopic (exact) mass is 334 g/mol. The minimum Gasteiger partial charge on any atom is -0.490 e. The molecule has 0 saturated carbocycles. The van der Waals surface area contributed by atoms with E-state index >= 15 is 0 Å². The molecule has 1 aromatic rings. The van der Waals surface area contributed by atoms with Crippen molar-refractivity contribution in [2.45, 2.75) is 20.5 Å². The molecule has 0 amide bonds. The molecule has 1 aromatic carbocycles. The molecule has 3 nitrogen and oxygen atoms in total. The lowest BCUT2D eigenvalue weighted by molar-refractivity contribution is 0.273. The van der Waals surface area contributed by atoms with Gasteiger partial charge >= 0.3 is 0 Å². The Morgan fingerprint density at radius 2 is 2.06 bits per heavy atom. The summed E-state index contributed by atoms with van der Waals surface area (Å²) >= 11 is 5.29. The Morgan fingerprint density at radius 3 is 2.67 bits per heavy atom. The van der Waals surface area contributed by atoms with Crippen LogP contribution >= 0.6 is 27.7 Å². The summed E-state index contributed by atoms with van der Waals surface area (Å²) in [7, 11) is 0. The molecule has 102 valence electrons. The first-order valence-corrected chi connectivity index (χ1v) is 7.94. The topological polar surface area (TPSA) is 38.7 Å². The number of thioether (sulfide) groups is 1. The van der Waals surface area contributed by atoms with E-state index in [4.69, 9.17) is 9.47 Å². The largest absolute Gasteiger partial charge is 0.490 e. The lowest BCUT2D eigenvalue weighted by Crippen LogP contribution is -2.04. The van der Waals surface area contributed by atoms with Crippen LogP contribution in [0.25, 0.3) is 0 Å². The van der Waals surface area contributed by atoms with Gasteiger partial charge in [-0.3, -0.25) is 0 Å². The van der Waals surface area contributed by atoms with Gasteiger partial charge in [0.2, 0.25) is 0 Å². The summed E-state index contributed by atoms with van der Waals surface area (Å²) in [6, 6.07) is 3.67. The summed E-state index contributed by atoms with van der Waals surface area (Å²) in [5, 5.41) is 9.17. The second-order valence-corrected chi connectivity index (χ2v) is 5.79. The van der Waals surface area contributed by atoms with Gasteiger partial charge in [-0.1, -0.05) is 6.92 Å². The van der Waals surface area contributed by atoms with Crippen molar-refractivity contribution in [3.63, 3.8) is 0 Å². The van der Waals surface area contributed by atoms with Gasteiger partial charge in [0.1, 0.15) is 0 Å². The van der Waals surface area contributed by atoms with E-state index in [0.29, 0.717) is 24.7 Å². The van der Waals surface area contributed by atoms with Crippen molar-refractivity contribution in [3.05, 3.63) is 22.2 Å². The summed E-state index contributed by atoms with van der Waals surface area (Å²) in [6.07, 6.45) is 0. The number of aliphatic hydroxyl groups excluding tert-OH is 1. The van der Waals surface area contributed by atoms with Crippen LogP contribution in [0.3, 0.4) is 0 Å². The third-order valence-corrected chi connectivity index (χ3v) is 3.68. The van der Waals surface area contributed by atoms with Gasteiger partial charge in [-0.25, -0.2) is 0 Å². The Labute approximate surface area is 121 Å². The van der Waals surface area contributed by atoms with E-state index < -0.39 is 0 Å². The molecule has 1 N–H and O–H groups in total. The van der Waals surface area contributed by atoms with Crippen molar-refractivity contribution in [1.29, 1.82) is 0 Å². The minimum absolute atomic E-state index is 0.00928. The molecule has 0 fully saturated rings. The van der Waals surface area contributed by atoms with Crippen molar-refractivity contribution in [2.24, 2.45) is 0 Å². The van der Waals surface area contributed by atoms with Gasteiger partial charge in [-0.2, -0.15) is 11.8 Å². The Morgan fingerprint density at radius 1 is 1.28 bits per heavy atom. The molecule has 0 aliphatic carbocycles. The van der Waals surface area contributed by atoms with Crippen LogP contribution in [0.4, 0.5) is 0 Å². The average Bonchev–Trinajstić information content (AvgIpc) is 2.37. The Bertz CT molecular complexity index is 371. The van der Waals surface area contributed by atoms with Gasteiger partial charge in [0.25, 0.3) is 0 Å². The maximum atomic E-state index is 9.17. The fourth-order valence-corrected chi connectivity index (χ4v) is 2.56. The van der Waals surface area contributed by atoms with Crippen LogP contribution in [-0.2, 0) is 6.61 Å². The first-order chi connectivity index (χ1) is 8.72. The Balaban J connectivity index is 2.79. The highest BCUT2D eigenvalue weighted by Crippen LogP contribution is 2.37. The van der Waals surface area contributed by atoms with Gasteiger partial charge in [0.15, 0.2) is 11.5 Å². The Hall–Kier alpha value is -0.390. The summed E-state index contributed by atoms with van der Waals surface area (Å²) in [5.74, 6) is 3.44. The zero-order chi connectivity index (χ0) is 13.4. The zero-order valence-corrected chi connectivity index (χ0v) is 13.1. The summed E-state index contributed by atoms with van der Waals surface area (Å²) in [5.41, 5.74) is 0.806. The number of aliphatic hydroxyl groups is 1. The molecule has 0 bridgehead atoms. The maximum Gasteiger partial charge on any atom is 0.175 e. The summed E-state index contributed by atoms with van der Waals surface area (Å²) < 4.78 is 12.1. The quantitative estimate of drug-likeness (QED) is 0.739. The lowest BCUT2D eigenvalue weighted by atomic mass is 10.2. The molecule has 1 rings (SSSR count). The fourth-order valence-electron chi connectivity index (χ4n) is 1.46. The highest BCUT2D eigenvalue weighted by molar-refractivity contribution is 9.10. The summed E-state index contributed by atoms with van der Waals surface area (Å²) in [6.45, 7) is 5.26. The van der Waals surface area contributed by atoms with Crippen molar-refractivity contribution in [2.75, 3.05) is 24.7 Å². The number of benzene rings is 1. The highest BCUT2D eigenvalue weighted by atomic mass is 79.9. The second kappa shape index (κ2) is 8.67. The van der Waals surface area contributed by atoms with Crippen LogP contribution < -0.4 is 9.47 Å². The standard InChI is InChI=1S/C13H19BrO3S/c1-3-16-12-8-10(9-15)7-11(14)13(12)17-5-6-18-4-2/h7-8,15H,3-6,9H2,1-2H3. The number of ether oxygens (including phenoxy) is 2. The molecular formula is C13H19BrO3S. The molecule has 5 heteroatoms. The molecule has 0 radical (unpaired) electrons. The predicted molar refractivity (Wildman–Crippen MR) is 79.7 cm³/mol. The molecule has 0 aliphatic rings. The van der Waals surface area contributed by atoms with Gasteiger partial charge in [0.05, 0.1) is 24.3 Å². The molecule has 0 heterocycles. The van der Waals surface area contributed by atoms with Crippen LogP contribution in [0.1, 0.15) is 19.4 Å². The fraction of sp³-hybridized carbons (Fsp3) is 0.538. The molecule has 0 saturated heterocycles. The third-order valence-electron chi connectivity index (χ3n) is 2.23. The van der Waals surface area contributed by atoms with E-state index in [2.05, 4.69) is 22.9 Å². The third kappa shape index (κ3) is 4.71. The number of hydrogen-bond acceptors (Lipinski definition) is 4. The zero-order valence-electron chi connectivity index (χ0n) is 10.7. The number of halogens is 1. The first kappa shape index (κ1) is 15.7. The van der Waals surface area contributed by atoms with Crippen LogP contribution in [0, 0.1) is 0 Å². The van der Waals surface area contributed by atoms with Crippen LogP contribution in [0.2, 0.25) is 0 Å². The molecule has 0 aromatic heterocycles. The molecule has 0 unspecified atom stereocenters. The molecular weight excluding hydrogens is 316 g/mol. The lowest BCUT2D eigenvalue weighted by Gasteiger charge is -2.14.